The van der Waals surface area contributed by atoms with E-state index in [4.69, 9.17) is 10.7 Å². The second-order valence-electron chi connectivity index (χ2n) is 3.45. The average molecular weight is 293 g/mol. The average Bonchev–Trinajstić information content (AvgIpc) is 2.68. The summed E-state index contributed by atoms with van der Waals surface area (Å²) >= 11 is 1.43. The lowest BCUT2D eigenvalue weighted by molar-refractivity contribution is 0.593. The van der Waals surface area contributed by atoms with Gasteiger partial charge in [-0.3, -0.25) is 4.57 Å². The molecule has 0 bridgehead atoms. The van der Waals surface area contributed by atoms with Crippen LogP contribution in [0.5, 0.6) is 0 Å². The molecule has 0 fully saturated rings. The van der Waals surface area contributed by atoms with Gasteiger partial charge in [0.2, 0.25) is 0 Å². The molecule has 0 amide bonds. The van der Waals surface area contributed by atoms with Gasteiger partial charge in [-0.1, -0.05) is 0 Å². The summed E-state index contributed by atoms with van der Waals surface area (Å²) in [6.07, 6.45) is 0. The number of hydrogen-bond acceptors (Lipinski definition) is 6. The lowest BCUT2D eigenvalue weighted by Gasteiger charge is -1.99. The number of halogens is 1. The molecule has 0 atom stereocenters. The molecular weight excluding hydrogens is 284 g/mol. The van der Waals surface area contributed by atoms with E-state index in [2.05, 4.69) is 15.2 Å². The van der Waals surface area contributed by atoms with Gasteiger partial charge in [0.05, 0.1) is 15.6 Å². The summed E-state index contributed by atoms with van der Waals surface area (Å²) in [5.74, 6) is 0.451. The number of rotatable bonds is 2. The van der Waals surface area contributed by atoms with Gasteiger partial charge in [-0.15, -0.1) is 21.5 Å². The molecule has 0 aromatic carbocycles. The van der Waals surface area contributed by atoms with E-state index in [9.17, 15) is 8.42 Å². The van der Waals surface area contributed by atoms with Crippen LogP contribution in [0, 0.1) is 13.8 Å². The Bertz CT molecular complexity index is 674. The molecule has 92 valence electrons. The van der Waals surface area contributed by atoms with Crippen molar-refractivity contribution in [3.05, 3.63) is 10.7 Å². The molecule has 0 N–H and O–H groups in total. The monoisotopic (exact) mass is 292 g/mol. The topological polar surface area (TPSA) is 77.7 Å². The molecule has 0 saturated carbocycles. The minimum absolute atomic E-state index is 0.264. The van der Waals surface area contributed by atoms with Gasteiger partial charge in [0, 0.05) is 17.7 Å². The molecule has 6 nitrogen and oxygen atoms in total. The van der Waals surface area contributed by atoms with E-state index in [1.54, 1.807) is 7.05 Å². The van der Waals surface area contributed by atoms with Gasteiger partial charge < -0.3 is 0 Å². The summed E-state index contributed by atoms with van der Waals surface area (Å²) < 4.78 is 23.8. The Morgan fingerprint density at radius 2 is 1.94 bits per heavy atom. The zero-order valence-electron chi connectivity index (χ0n) is 9.30. The number of aromatic nitrogens is 4. The van der Waals surface area contributed by atoms with Gasteiger partial charge in [-0.05, 0) is 13.8 Å². The summed E-state index contributed by atoms with van der Waals surface area (Å²) in [6, 6.07) is 0. The highest BCUT2D eigenvalue weighted by molar-refractivity contribution is 8.13. The van der Waals surface area contributed by atoms with Gasteiger partial charge >= 0.3 is 0 Å². The Labute approximate surface area is 107 Å². The van der Waals surface area contributed by atoms with Crippen molar-refractivity contribution >= 4 is 31.1 Å². The first-order valence-corrected chi connectivity index (χ1v) is 7.71. The fourth-order valence-corrected chi connectivity index (χ4v) is 3.36. The summed E-state index contributed by atoms with van der Waals surface area (Å²) in [5, 5.41) is 8.05. The maximum atomic E-state index is 11.2. The van der Waals surface area contributed by atoms with Gasteiger partial charge in [-0.25, -0.2) is 13.4 Å². The molecule has 2 rings (SSSR count). The van der Waals surface area contributed by atoms with E-state index in [0.717, 1.165) is 15.6 Å². The van der Waals surface area contributed by atoms with Crippen LogP contribution in [-0.4, -0.2) is 28.2 Å². The standard InChI is InChI=1S/C8H9ClN4O2S2/c1-4-6(16-5(2)10-4)7-11-12-8(13(7)3)17(9,14)15/h1-3H3. The van der Waals surface area contributed by atoms with E-state index in [-0.39, 0.29) is 5.16 Å². The first-order valence-electron chi connectivity index (χ1n) is 4.59. The number of nitrogens with zero attached hydrogens (tertiary/aromatic N) is 4. The predicted molar refractivity (Wildman–Crippen MR) is 64.6 cm³/mol. The molecule has 0 radical (unpaired) electrons. The van der Waals surface area contributed by atoms with E-state index in [1.807, 2.05) is 13.8 Å². The normalized spacial score (nSPS) is 12.0. The van der Waals surface area contributed by atoms with Gasteiger partial charge in [0.15, 0.2) is 5.82 Å². The van der Waals surface area contributed by atoms with Gasteiger partial charge in [0.1, 0.15) is 0 Å². The van der Waals surface area contributed by atoms with Crippen molar-refractivity contribution in [1.29, 1.82) is 0 Å². The molecule has 0 aliphatic carbocycles. The Hall–Kier alpha value is -0.990. The molecule has 2 heterocycles. The van der Waals surface area contributed by atoms with Gasteiger partial charge in [-0.2, -0.15) is 0 Å². The fourth-order valence-electron chi connectivity index (χ4n) is 1.46. The van der Waals surface area contributed by atoms with Crippen molar-refractivity contribution in [3.63, 3.8) is 0 Å². The third-order valence-corrected chi connectivity index (χ3v) is 4.43. The lowest BCUT2D eigenvalue weighted by atomic mass is 10.4. The maximum Gasteiger partial charge on any atom is 0.296 e. The van der Waals surface area contributed by atoms with Crippen molar-refractivity contribution in [1.82, 2.24) is 19.7 Å². The zero-order chi connectivity index (χ0) is 12.8. The van der Waals surface area contributed by atoms with Crippen LogP contribution >= 0.6 is 22.0 Å². The van der Waals surface area contributed by atoms with E-state index in [1.165, 1.54) is 15.9 Å². The quantitative estimate of drug-likeness (QED) is 0.784. The fraction of sp³-hybridized carbons (Fsp3) is 0.375. The summed E-state index contributed by atoms with van der Waals surface area (Å²) in [7, 11) is 2.92. The lowest BCUT2D eigenvalue weighted by Crippen LogP contribution is -2.02. The maximum absolute atomic E-state index is 11.2. The highest BCUT2D eigenvalue weighted by Gasteiger charge is 2.22. The molecule has 0 saturated heterocycles. The minimum Gasteiger partial charge on any atom is -0.299 e. The largest absolute Gasteiger partial charge is 0.299 e. The van der Waals surface area contributed by atoms with E-state index < -0.39 is 9.05 Å². The molecule has 9 heteroatoms. The number of thiazole rings is 1. The van der Waals surface area contributed by atoms with E-state index >= 15 is 0 Å². The molecule has 0 aliphatic rings. The predicted octanol–water partition coefficient (Wildman–Crippen LogP) is 1.48. The Kier molecular flexibility index (Phi) is 2.96. The summed E-state index contributed by atoms with van der Waals surface area (Å²) in [6.45, 7) is 3.71. The van der Waals surface area contributed by atoms with Crippen LogP contribution in [0.3, 0.4) is 0 Å². The van der Waals surface area contributed by atoms with Crippen LogP contribution in [0.15, 0.2) is 5.16 Å². The first kappa shape index (κ1) is 12.5. The molecule has 0 unspecified atom stereocenters. The minimum atomic E-state index is -3.88. The molecule has 2 aromatic rings. The Morgan fingerprint density at radius 1 is 1.29 bits per heavy atom. The second-order valence-corrected chi connectivity index (χ2v) is 7.11. The van der Waals surface area contributed by atoms with Crippen LogP contribution in [-0.2, 0) is 16.1 Å². The Balaban J connectivity index is 2.63. The van der Waals surface area contributed by atoms with Crippen LogP contribution in [0.2, 0.25) is 0 Å². The third-order valence-electron chi connectivity index (χ3n) is 2.16. The molecule has 2 aromatic heterocycles. The molecule has 0 aliphatic heterocycles. The Morgan fingerprint density at radius 3 is 2.35 bits per heavy atom. The van der Waals surface area contributed by atoms with Gasteiger partial charge in [0.25, 0.3) is 14.2 Å². The van der Waals surface area contributed by atoms with Crippen LogP contribution < -0.4 is 0 Å². The van der Waals surface area contributed by atoms with Crippen molar-refractivity contribution in [3.8, 4) is 10.7 Å². The van der Waals surface area contributed by atoms with Crippen LogP contribution in [0.4, 0.5) is 0 Å². The zero-order valence-corrected chi connectivity index (χ0v) is 11.7. The van der Waals surface area contributed by atoms with Crippen molar-refractivity contribution in [2.45, 2.75) is 19.0 Å². The summed E-state index contributed by atoms with van der Waals surface area (Å²) in [4.78, 5) is 5.05. The van der Waals surface area contributed by atoms with E-state index in [0.29, 0.717) is 5.82 Å². The summed E-state index contributed by atoms with van der Waals surface area (Å²) in [5.41, 5.74) is 0.793. The second kappa shape index (κ2) is 4.04. The number of hydrogen-bond donors (Lipinski definition) is 0. The molecule has 17 heavy (non-hydrogen) atoms. The molecular formula is C8H9ClN4O2S2. The molecule has 0 spiro atoms. The SMILES string of the molecule is Cc1nc(C)c(-c2nnc(S(=O)(=O)Cl)n2C)s1. The van der Waals surface area contributed by atoms with Crippen molar-refractivity contribution in [2.24, 2.45) is 7.05 Å². The number of aryl methyl sites for hydroxylation is 2. The van der Waals surface area contributed by atoms with Crippen molar-refractivity contribution < 1.29 is 8.42 Å². The smallest absolute Gasteiger partial charge is 0.296 e. The first-order chi connectivity index (χ1) is 7.80. The third kappa shape index (κ3) is 2.20. The van der Waals surface area contributed by atoms with Crippen molar-refractivity contribution in [2.75, 3.05) is 0 Å². The van der Waals surface area contributed by atoms with Crippen LogP contribution in [0.25, 0.3) is 10.7 Å². The highest BCUT2D eigenvalue weighted by Crippen LogP contribution is 2.29. The highest BCUT2D eigenvalue weighted by atomic mass is 35.7. The van der Waals surface area contributed by atoms with Crippen LogP contribution in [0.1, 0.15) is 10.7 Å².